The van der Waals surface area contributed by atoms with Crippen LogP contribution < -0.4 is 5.32 Å². The summed E-state index contributed by atoms with van der Waals surface area (Å²) >= 11 is 1.58. The number of esters is 1. The number of aliphatic carboxylic acids is 2. The van der Waals surface area contributed by atoms with E-state index in [2.05, 4.69) is 5.32 Å². The van der Waals surface area contributed by atoms with Gasteiger partial charge in [0.15, 0.2) is 12.2 Å². The summed E-state index contributed by atoms with van der Waals surface area (Å²) in [4.78, 5) is 30.8. The molecule has 0 radical (unpaired) electrons. The molecule has 0 saturated carbocycles. The van der Waals surface area contributed by atoms with Gasteiger partial charge in [-0.05, 0) is 19.2 Å². The van der Waals surface area contributed by atoms with Gasteiger partial charge in [0.1, 0.15) is 4.75 Å². The molecular weight excluding hydrogens is 306 g/mol. The fourth-order valence-corrected chi connectivity index (χ4v) is 2.36. The van der Waals surface area contributed by atoms with Gasteiger partial charge in [0.05, 0.1) is 7.11 Å². The number of thioether (sulfide) groups is 1. The molecule has 1 aliphatic rings. The van der Waals surface area contributed by atoms with E-state index in [0.717, 1.165) is 19.5 Å². The van der Waals surface area contributed by atoms with Crippen molar-refractivity contribution in [2.75, 3.05) is 26.5 Å². The van der Waals surface area contributed by atoms with E-state index in [9.17, 15) is 14.4 Å². The Morgan fingerprint density at radius 3 is 1.90 bits per heavy atom. The van der Waals surface area contributed by atoms with Crippen LogP contribution in [0.4, 0.5) is 0 Å². The Labute approximate surface area is 125 Å². The fraction of sp³-hybridized carbons (Fsp3) is 0.727. The van der Waals surface area contributed by atoms with Crippen molar-refractivity contribution in [3.05, 3.63) is 0 Å². The highest BCUT2D eigenvalue weighted by atomic mass is 32.2. The summed E-state index contributed by atoms with van der Waals surface area (Å²) in [6.07, 6.45) is -1.71. The maximum Gasteiger partial charge on any atom is 0.335 e. The highest BCUT2D eigenvalue weighted by Gasteiger charge is 2.41. The summed E-state index contributed by atoms with van der Waals surface area (Å²) in [6.45, 7) is 1.65. The highest BCUT2D eigenvalue weighted by Crippen LogP contribution is 2.30. The van der Waals surface area contributed by atoms with Crippen LogP contribution in [0.15, 0.2) is 0 Å². The second-order valence-corrected chi connectivity index (χ2v) is 5.37. The maximum absolute atomic E-state index is 11.3. The number of aliphatic hydroxyl groups is 2. The van der Waals surface area contributed by atoms with Crippen molar-refractivity contribution in [3.8, 4) is 0 Å². The zero-order valence-corrected chi connectivity index (χ0v) is 12.4. The molecule has 1 saturated heterocycles. The van der Waals surface area contributed by atoms with E-state index in [1.807, 2.05) is 6.26 Å². The molecule has 0 bridgehead atoms. The van der Waals surface area contributed by atoms with Crippen molar-refractivity contribution in [2.45, 2.75) is 23.4 Å². The van der Waals surface area contributed by atoms with Gasteiger partial charge < -0.3 is 30.5 Å². The number of ether oxygens (including phenoxy) is 1. The molecule has 21 heavy (non-hydrogen) atoms. The average molecular weight is 325 g/mol. The van der Waals surface area contributed by atoms with Gasteiger partial charge in [-0.15, -0.1) is 11.8 Å². The number of nitrogens with one attached hydrogen (secondary N) is 1. The normalized spacial score (nSPS) is 23.4. The standard InChI is InChI=1S/C7H13NO2S.C4H6O6/c1-10-6(9)7(11-2)3-4-8-5-7;5-1(3(7)8)2(6)4(9)10/h8H,3-5H2,1-2H3;1-2,5-6H,(H,7,8)(H,9,10)/t7-;/m0./s1. The second kappa shape index (κ2) is 8.82. The molecule has 0 aromatic carbocycles. The number of methoxy groups -OCH3 is 1. The monoisotopic (exact) mass is 325 g/mol. The van der Waals surface area contributed by atoms with Crippen LogP contribution in [0.25, 0.3) is 0 Å². The molecule has 1 heterocycles. The molecule has 0 aliphatic carbocycles. The molecule has 3 atom stereocenters. The second-order valence-electron chi connectivity index (χ2n) is 4.18. The van der Waals surface area contributed by atoms with Gasteiger partial charge in [-0.2, -0.15) is 0 Å². The molecule has 1 aliphatic heterocycles. The molecule has 0 aromatic heterocycles. The Balaban J connectivity index is 0.000000384. The Morgan fingerprint density at radius 2 is 1.67 bits per heavy atom. The smallest absolute Gasteiger partial charge is 0.335 e. The Bertz CT molecular complexity index is 364. The molecule has 0 spiro atoms. The zero-order valence-electron chi connectivity index (χ0n) is 11.6. The lowest BCUT2D eigenvalue weighted by atomic mass is 10.1. The van der Waals surface area contributed by atoms with Gasteiger partial charge >= 0.3 is 17.9 Å². The summed E-state index contributed by atoms with van der Waals surface area (Å²) < 4.78 is 4.42. The van der Waals surface area contributed by atoms with Crippen LogP contribution in [0.5, 0.6) is 0 Å². The number of carbonyl (C=O) groups is 3. The summed E-state index contributed by atoms with van der Waals surface area (Å²) in [6, 6.07) is 0. The number of hydrogen-bond acceptors (Lipinski definition) is 8. The minimum atomic E-state index is -2.27. The van der Waals surface area contributed by atoms with Crippen LogP contribution in [-0.4, -0.2) is 81.7 Å². The third-order valence-electron chi connectivity index (χ3n) is 2.87. The molecular formula is C11H19NO8S. The van der Waals surface area contributed by atoms with Gasteiger partial charge in [0.25, 0.3) is 0 Å². The van der Waals surface area contributed by atoms with Crippen LogP contribution >= 0.6 is 11.8 Å². The quantitative estimate of drug-likeness (QED) is 0.363. The van der Waals surface area contributed by atoms with Crippen LogP contribution in [0.3, 0.4) is 0 Å². The van der Waals surface area contributed by atoms with Crippen LogP contribution in [-0.2, 0) is 19.1 Å². The van der Waals surface area contributed by atoms with E-state index in [4.69, 9.17) is 25.2 Å². The minimum absolute atomic E-state index is 0.102. The van der Waals surface area contributed by atoms with Crippen molar-refractivity contribution in [1.82, 2.24) is 5.32 Å². The summed E-state index contributed by atoms with van der Waals surface area (Å²) in [5.74, 6) is -3.64. The first-order valence-corrected chi connectivity index (χ1v) is 7.10. The largest absolute Gasteiger partial charge is 0.479 e. The van der Waals surface area contributed by atoms with E-state index < -0.39 is 24.1 Å². The summed E-state index contributed by atoms with van der Waals surface area (Å²) in [5.41, 5.74) is 0. The third kappa shape index (κ3) is 5.50. The summed E-state index contributed by atoms with van der Waals surface area (Å²) in [5, 5.41) is 35.7. The van der Waals surface area contributed by atoms with E-state index in [1.54, 1.807) is 11.8 Å². The lowest BCUT2D eigenvalue weighted by molar-refractivity contribution is -0.165. The van der Waals surface area contributed by atoms with Crippen molar-refractivity contribution < 1.29 is 39.5 Å². The predicted molar refractivity (Wildman–Crippen MR) is 73.0 cm³/mol. The van der Waals surface area contributed by atoms with Crippen molar-refractivity contribution >= 4 is 29.7 Å². The van der Waals surface area contributed by atoms with Crippen molar-refractivity contribution in [3.63, 3.8) is 0 Å². The molecule has 5 N–H and O–H groups in total. The van der Waals surface area contributed by atoms with Crippen LogP contribution in [0.2, 0.25) is 0 Å². The maximum atomic E-state index is 11.3. The molecule has 2 unspecified atom stereocenters. The predicted octanol–water partition coefficient (Wildman–Crippen LogP) is -1.87. The molecule has 9 nitrogen and oxygen atoms in total. The third-order valence-corrected chi connectivity index (χ3v) is 4.17. The molecule has 0 amide bonds. The lowest BCUT2D eigenvalue weighted by Gasteiger charge is -2.21. The van der Waals surface area contributed by atoms with Crippen molar-refractivity contribution in [1.29, 1.82) is 0 Å². The summed E-state index contributed by atoms with van der Waals surface area (Å²) in [7, 11) is 1.44. The first-order chi connectivity index (χ1) is 9.71. The molecule has 1 rings (SSSR count). The van der Waals surface area contributed by atoms with E-state index in [1.165, 1.54) is 7.11 Å². The molecule has 0 aromatic rings. The molecule has 122 valence electrons. The average Bonchev–Trinajstić information content (AvgIpc) is 2.95. The Morgan fingerprint density at radius 1 is 1.19 bits per heavy atom. The first kappa shape index (κ1) is 19.6. The number of aliphatic hydroxyl groups excluding tert-OH is 2. The van der Waals surface area contributed by atoms with Gasteiger partial charge in [0.2, 0.25) is 0 Å². The number of carboxylic acids is 2. The number of hydrogen-bond donors (Lipinski definition) is 5. The number of carboxylic acid groups (broad SMARTS) is 2. The van der Waals surface area contributed by atoms with Crippen molar-refractivity contribution in [2.24, 2.45) is 0 Å². The van der Waals surface area contributed by atoms with Crippen LogP contribution in [0.1, 0.15) is 6.42 Å². The van der Waals surface area contributed by atoms with Gasteiger partial charge in [-0.25, -0.2) is 9.59 Å². The molecule has 10 heteroatoms. The fourth-order valence-electron chi connectivity index (χ4n) is 1.56. The minimum Gasteiger partial charge on any atom is -0.479 e. The van der Waals surface area contributed by atoms with Gasteiger partial charge in [-0.3, -0.25) is 4.79 Å². The van der Waals surface area contributed by atoms with Gasteiger partial charge in [0, 0.05) is 6.54 Å². The van der Waals surface area contributed by atoms with Crippen LogP contribution in [0, 0.1) is 0 Å². The number of rotatable bonds is 5. The topological polar surface area (TPSA) is 153 Å². The molecule has 1 fully saturated rings. The SMILES string of the molecule is COC(=O)[C@]1(SC)CCNC1.O=C(O)C(O)C(O)C(=O)O. The van der Waals surface area contributed by atoms with E-state index in [0.29, 0.717) is 0 Å². The first-order valence-electron chi connectivity index (χ1n) is 5.88. The van der Waals surface area contributed by atoms with E-state index >= 15 is 0 Å². The highest BCUT2D eigenvalue weighted by molar-refractivity contribution is 8.00. The Kier molecular flexibility index (Phi) is 8.25. The van der Waals surface area contributed by atoms with Gasteiger partial charge in [-0.1, -0.05) is 0 Å². The lowest BCUT2D eigenvalue weighted by Crippen LogP contribution is -2.39. The zero-order chi connectivity index (χ0) is 16.6. The Hall–Kier alpha value is -1.36. The number of carbonyl (C=O) groups excluding carboxylic acids is 1. The van der Waals surface area contributed by atoms with E-state index in [-0.39, 0.29) is 10.7 Å².